The highest BCUT2D eigenvalue weighted by molar-refractivity contribution is 7.89. The number of anilines is 1. The Balaban J connectivity index is 1.95. The number of aryl methyl sites for hydroxylation is 1. The van der Waals surface area contributed by atoms with Crippen LogP contribution >= 0.6 is 0 Å². The van der Waals surface area contributed by atoms with Gasteiger partial charge in [0.15, 0.2) is 6.29 Å². The van der Waals surface area contributed by atoms with Gasteiger partial charge in [-0.1, -0.05) is 0 Å². The predicted molar refractivity (Wildman–Crippen MR) is 88.5 cm³/mol. The standard InChI is InChI=1S/C16H22N2O5S/c1-10-13-8-12(24(20,21)17-9-14(22-2)23-3)7-11-5-4-6-18(15(11)13)16(10)19/h7-8,10,14,17H,4-6,9H2,1-3H3/t10-/m1/s1. The second-order valence-corrected chi connectivity index (χ2v) is 7.86. The Morgan fingerprint density at radius 2 is 2.04 bits per heavy atom. The van der Waals surface area contributed by atoms with Crippen LogP contribution in [-0.4, -0.2) is 47.9 Å². The van der Waals surface area contributed by atoms with E-state index in [0.29, 0.717) is 6.54 Å². The van der Waals surface area contributed by atoms with E-state index in [1.54, 1.807) is 17.0 Å². The first-order chi connectivity index (χ1) is 11.4. The number of sulfonamides is 1. The molecule has 3 rings (SSSR count). The molecule has 0 fully saturated rings. The van der Waals surface area contributed by atoms with Crippen LogP contribution in [0.4, 0.5) is 5.69 Å². The molecule has 8 heteroatoms. The maximum absolute atomic E-state index is 12.6. The molecule has 1 aromatic rings. The fourth-order valence-electron chi connectivity index (χ4n) is 3.34. The van der Waals surface area contributed by atoms with Gasteiger partial charge in [0.05, 0.1) is 23.0 Å². The molecule has 0 saturated heterocycles. The summed E-state index contributed by atoms with van der Waals surface area (Å²) in [6.45, 7) is 2.55. The van der Waals surface area contributed by atoms with Gasteiger partial charge >= 0.3 is 0 Å². The highest BCUT2D eigenvalue weighted by atomic mass is 32.2. The van der Waals surface area contributed by atoms with Gasteiger partial charge in [0, 0.05) is 20.8 Å². The maximum Gasteiger partial charge on any atom is 0.240 e. The highest BCUT2D eigenvalue weighted by Gasteiger charge is 2.38. The summed E-state index contributed by atoms with van der Waals surface area (Å²) in [5.41, 5.74) is 2.63. The first kappa shape index (κ1) is 17.3. The fraction of sp³-hybridized carbons (Fsp3) is 0.562. The average Bonchev–Trinajstić information content (AvgIpc) is 2.82. The van der Waals surface area contributed by atoms with E-state index in [2.05, 4.69) is 4.72 Å². The number of rotatable bonds is 6. The van der Waals surface area contributed by atoms with Gasteiger partial charge in [-0.2, -0.15) is 0 Å². The molecule has 0 spiro atoms. The van der Waals surface area contributed by atoms with Crippen LogP contribution in [0, 0.1) is 0 Å². The van der Waals surface area contributed by atoms with Crippen molar-refractivity contribution in [3.63, 3.8) is 0 Å². The average molecular weight is 354 g/mol. The van der Waals surface area contributed by atoms with E-state index in [1.807, 2.05) is 6.92 Å². The van der Waals surface area contributed by atoms with E-state index in [0.717, 1.165) is 29.7 Å². The summed E-state index contributed by atoms with van der Waals surface area (Å²) in [4.78, 5) is 14.3. The quantitative estimate of drug-likeness (QED) is 0.770. The van der Waals surface area contributed by atoms with Crippen molar-refractivity contribution in [3.05, 3.63) is 23.3 Å². The molecule has 0 aliphatic carbocycles. The Labute approximate surface area is 142 Å². The zero-order valence-electron chi connectivity index (χ0n) is 14.0. The van der Waals surface area contributed by atoms with E-state index in [1.165, 1.54) is 14.2 Å². The second-order valence-electron chi connectivity index (χ2n) is 6.09. The SMILES string of the molecule is COC(CNS(=O)(=O)c1cc2c3c(c1)[C@@H](C)C(=O)N3CCC2)OC. The third-order valence-electron chi connectivity index (χ3n) is 4.67. The van der Waals surface area contributed by atoms with Crippen molar-refractivity contribution in [2.45, 2.75) is 36.9 Å². The van der Waals surface area contributed by atoms with E-state index in [-0.39, 0.29) is 23.3 Å². The van der Waals surface area contributed by atoms with Gasteiger partial charge in [-0.05, 0) is 43.0 Å². The molecule has 1 amide bonds. The molecule has 0 aromatic heterocycles. The number of amides is 1. The lowest BCUT2D eigenvalue weighted by atomic mass is 9.97. The zero-order valence-corrected chi connectivity index (χ0v) is 14.9. The molecule has 0 bridgehead atoms. The number of nitrogens with zero attached hydrogens (tertiary/aromatic N) is 1. The van der Waals surface area contributed by atoms with Crippen molar-refractivity contribution in [3.8, 4) is 0 Å². The zero-order chi connectivity index (χ0) is 17.5. The molecule has 0 radical (unpaired) electrons. The summed E-state index contributed by atoms with van der Waals surface area (Å²) in [5.74, 6) is -0.259. The van der Waals surface area contributed by atoms with Crippen molar-refractivity contribution in [2.24, 2.45) is 0 Å². The summed E-state index contributed by atoms with van der Waals surface area (Å²) < 4.78 is 37.7. The molecule has 0 saturated carbocycles. The van der Waals surface area contributed by atoms with Gasteiger partial charge in [0.25, 0.3) is 0 Å². The summed E-state index contributed by atoms with van der Waals surface area (Å²) >= 11 is 0. The van der Waals surface area contributed by atoms with Crippen molar-refractivity contribution in [1.29, 1.82) is 0 Å². The Kier molecular flexibility index (Phi) is 4.65. The molecule has 132 valence electrons. The number of methoxy groups -OCH3 is 2. The van der Waals surface area contributed by atoms with Crippen molar-refractivity contribution >= 4 is 21.6 Å². The van der Waals surface area contributed by atoms with Crippen LogP contribution in [0.3, 0.4) is 0 Å². The minimum absolute atomic E-state index is 0.0162. The van der Waals surface area contributed by atoms with E-state index >= 15 is 0 Å². The van der Waals surface area contributed by atoms with Crippen molar-refractivity contribution in [2.75, 3.05) is 32.2 Å². The van der Waals surface area contributed by atoms with Gasteiger partial charge in [-0.25, -0.2) is 13.1 Å². The number of nitrogens with one attached hydrogen (secondary N) is 1. The van der Waals surface area contributed by atoms with Crippen LogP contribution in [0.5, 0.6) is 0 Å². The molecule has 24 heavy (non-hydrogen) atoms. The Morgan fingerprint density at radius 3 is 2.71 bits per heavy atom. The van der Waals surface area contributed by atoms with E-state index < -0.39 is 16.3 Å². The van der Waals surface area contributed by atoms with Crippen molar-refractivity contribution < 1.29 is 22.7 Å². The van der Waals surface area contributed by atoms with Crippen LogP contribution in [0.2, 0.25) is 0 Å². The normalized spacial score (nSPS) is 19.9. The second kappa shape index (κ2) is 6.44. The van der Waals surface area contributed by atoms with Gasteiger partial charge in [-0.3, -0.25) is 4.79 Å². The molecule has 0 unspecified atom stereocenters. The maximum atomic E-state index is 12.6. The summed E-state index contributed by atoms with van der Waals surface area (Å²) in [7, 11) is -0.807. The molecule has 2 aliphatic heterocycles. The van der Waals surface area contributed by atoms with Crippen LogP contribution < -0.4 is 9.62 Å². The van der Waals surface area contributed by atoms with E-state index in [4.69, 9.17) is 9.47 Å². The Bertz CT molecular complexity index is 758. The third kappa shape index (κ3) is 2.83. The molecule has 2 aliphatic rings. The third-order valence-corrected chi connectivity index (χ3v) is 6.07. The molecule has 1 atom stereocenters. The van der Waals surface area contributed by atoms with Crippen molar-refractivity contribution in [1.82, 2.24) is 4.72 Å². The highest BCUT2D eigenvalue weighted by Crippen LogP contribution is 2.43. The number of carbonyl (C=O) groups excluding carboxylic acids is 1. The molecule has 1 aromatic carbocycles. The molecular formula is C16H22N2O5S. The summed E-state index contributed by atoms with van der Waals surface area (Å²) in [6, 6.07) is 3.29. The summed E-state index contributed by atoms with van der Waals surface area (Å²) in [6.07, 6.45) is 0.974. The number of ether oxygens (including phenoxy) is 2. The Morgan fingerprint density at radius 1 is 1.33 bits per heavy atom. The fourth-order valence-corrected chi connectivity index (χ4v) is 4.45. The smallest absolute Gasteiger partial charge is 0.240 e. The lowest BCUT2D eigenvalue weighted by Crippen LogP contribution is -2.34. The molecule has 7 nitrogen and oxygen atoms in total. The molecular weight excluding hydrogens is 332 g/mol. The number of hydrogen-bond acceptors (Lipinski definition) is 5. The lowest BCUT2D eigenvalue weighted by molar-refractivity contribution is -0.119. The number of benzene rings is 1. The van der Waals surface area contributed by atoms with Gasteiger partial charge in [0.1, 0.15) is 0 Å². The Hall–Kier alpha value is -1.48. The van der Waals surface area contributed by atoms with Crippen LogP contribution in [0.15, 0.2) is 17.0 Å². The topological polar surface area (TPSA) is 84.9 Å². The monoisotopic (exact) mass is 354 g/mol. The minimum Gasteiger partial charge on any atom is -0.355 e. The lowest BCUT2D eigenvalue weighted by Gasteiger charge is -2.26. The van der Waals surface area contributed by atoms with Gasteiger partial charge in [-0.15, -0.1) is 0 Å². The number of carbonyl (C=O) groups is 1. The molecule has 2 heterocycles. The van der Waals surface area contributed by atoms with Gasteiger partial charge < -0.3 is 14.4 Å². The van der Waals surface area contributed by atoms with Crippen LogP contribution in [0.25, 0.3) is 0 Å². The van der Waals surface area contributed by atoms with Crippen LogP contribution in [0.1, 0.15) is 30.4 Å². The largest absolute Gasteiger partial charge is 0.355 e. The summed E-state index contributed by atoms with van der Waals surface area (Å²) in [5, 5.41) is 0. The first-order valence-electron chi connectivity index (χ1n) is 7.92. The first-order valence-corrected chi connectivity index (χ1v) is 9.40. The molecule has 1 N–H and O–H groups in total. The number of hydrogen-bond donors (Lipinski definition) is 1. The minimum atomic E-state index is -3.70. The van der Waals surface area contributed by atoms with Crippen LogP contribution in [-0.2, 0) is 30.7 Å². The van der Waals surface area contributed by atoms with E-state index in [9.17, 15) is 13.2 Å². The predicted octanol–water partition coefficient (Wildman–Crippen LogP) is 0.980. The van der Waals surface area contributed by atoms with Gasteiger partial charge in [0.2, 0.25) is 15.9 Å².